The van der Waals surface area contributed by atoms with Crippen LogP contribution < -0.4 is 16.8 Å². The average Bonchev–Trinajstić information content (AvgIpc) is 3.52. The van der Waals surface area contributed by atoms with Gasteiger partial charge in [0.25, 0.3) is 5.91 Å². The molecular formula is C23H28FN9O8P2S2. The van der Waals surface area contributed by atoms with Crippen LogP contribution in [0.5, 0.6) is 0 Å². The lowest BCUT2D eigenvalue weighted by molar-refractivity contribution is -0.00851. The molecule has 17 nitrogen and oxygen atoms in total. The van der Waals surface area contributed by atoms with Gasteiger partial charge in [0.05, 0.1) is 37.4 Å². The molecule has 2 unspecified atom stereocenters. The third kappa shape index (κ3) is 6.49. The van der Waals surface area contributed by atoms with E-state index < -0.39 is 50.6 Å². The van der Waals surface area contributed by atoms with E-state index >= 15 is 4.39 Å². The van der Waals surface area contributed by atoms with E-state index in [1.165, 1.54) is 24.5 Å². The van der Waals surface area contributed by atoms with Crippen molar-refractivity contribution in [3.05, 3.63) is 36.4 Å². The van der Waals surface area contributed by atoms with Gasteiger partial charge >= 0.3 is 13.5 Å². The van der Waals surface area contributed by atoms with Gasteiger partial charge in [-0.3, -0.25) is 9.32 Å². The number of thiol groups is 1. The van der Waals surface area contributed by atoms with Gasteiger partial charge in [-0.15, -0.1) is 0 Å². The lowest BCUT2D eigenvalue weighted by atomic mass is 9.70. The molecule has 0 spiro atoms. The van der Waals surface area contributed by atoms with Crippen molar-refractivity contribution in [2.24, 2.45) is 22.7 Å². The number of alkyl halides is 1. The summed E-state index contributed by atoms with van der Waals surface area (Å²) in [5.74, 6) is -1.21. The monoisotopic (exact) mass is 703 g/mol. The number of halogens is 1. The fraction of sp³-hybridized carbons (Fsp3) is 0.478. The highest BCUT2D eigenvalue weighted by Gasteiger charge is 2.51. The first-order valence-corrected chi connectivity index (χ1v) is 18.7. The number of hydrogen-bond donors (Lipinski definition) is 6. The van der Waals surface area contributed by atoms with E-state index in [-0.39, 0.29) is 53.8 Å². The minimum Gasteiger partial charge on any atom is -0.382 e. The van der Waals surface area contributed by atoms with E-state index in [1.807, 2.05) is 4.57 Å². The summed E-state index contributed by atoms with van der Waals surface area (Å²) in [7, 11) is 0. The average molecular weight is 704 g/mol. The molecule has 1 aromatic carbocycles. The number of carbonyl (C=O) groups excluding carboxylic acids is 1. The zero-order valence-corrected chi connectivity index (χ0v) is 26.6. The number of ether oxygens (including phenoxy) is 1. The van der Waals surface area contributed by atoms with Crippen molar-refractivity contribution >= 4 is 71.8 Å². The topological polar surface area (TPSA) is 244 Å². The Morgan fingerprint density at radius 2 is 2.02 bits per heavy atom. The van der Waals surface area contributed by atoms with Crippen molar-refractivity contribution in [1.82, 2.24) is 19.5 Å². The molecule has 1 saturated carbocycles. The highest BCUT2D eigenvalue weighted by atomic mass is 32.7. The molecule has 3 aromatic rings. The number of carbonyl (C=O) groups is 1. The number of aromatic nitrogens is 4. The first kappa shape index (κ1) is 32.3. The predicted molar refractivity (Wildman–Crippen MR) is 163 cm³/mol. The number of para-hydroxylation sites is 1. The van der Waals surface area contributed by atoms with Crippen LogP contribution in [0.25, 0.3) is 11.2 Å². The van der Waals surface area contributed by atoms with E-state index in [9.17, 15) is 14.3 Å². The summed E-state index contributed by atoms with van der Waals surface area (Å²) in [5.41, 5.74) is 19.5. The van der Waals surface area contributed by atoms with Crippen LogP contribution in [-0.4, -0.2) is 74.7 Å². The lowest BCUT2D eigenvalue weighted by Gasteiger charge is -2.45. The summed E-state index contributed by atoms with van der Waals surface area (Å²) >= 11 is 9.32. The first-order chi connectivity index (χ1) is 21.4. The SMILES string of the molecule is N=Nc1c(N[C@@H]2O[C@@H]3COP(O)(=S)OC[C@@H]4[C@@H](COP(=O)(S)O[C@H]3[C@H]2F)C[C@H]4n2cnc3c(N)ncnc32)cccc1C(N)=O. The van der Waals surface area contributed by atoms with Crippen LogP contribution in [0.15, 0.2) is 36.0 Å². The molecule has 2 aliphatic heterocycles. The molecular weight excluding hydrogens is 675 g/mol. The van der Waals surface area contributed by atoms with Crippen molar-refractivity contribution in [3.8, 4) is 0 Å². The summed E-state index contributed by atoms with van der Waals surface area (Å²) < 4.78 is 59.2. The Labute approximate surface area is 265 Å². The molecule has 7 N–H and O–H groups in total. The zero-order chi connectivity index (χ0) is 32.1. The van der Waals surface area contributed by atoms with Crippen LogP contribution in [0.2, 0.25) is 0 Å². The number of hydrogen-bond acceptors (Lipinski definition) is 15. The Morgan fingerprint density at radius 1 is 1.24 bits per heavy atom. The maximum Gasteiger partial charge on any atom is 0.386 e. The van der Waals surface area contributed by atoms with Crippen LogP contribution in [0.3, 0.4) is 0 Å². The quantitative estimate of drug-likeness (QED) is 0.127. The second-order valence-corrected chi connectivity index (χ2v) is 16.3. The maximum absolute atomic E-state index is 15.9. The molecule has 9 atom stereocenters. The molecule has 3 fully saturated rings. The van der Waals surface area contributed by atoms with Crippen LogP contribution in [0.1, 0.15) is 22.8 Å². The predicted octanol–water partition coefficient (Wildman–Crippen LogP) is 3.23. The number of imidazole rings is 1. The molecule has 2 saturated heterocycles. The minimum absolute atomic E-state index is 0.0646. The standard InChI is InChI=1S/C23H28FN9O8P2S2/c24-16-19-15(40-23(16)31-13-3-1-2-11(21(26)34)17(13)32-27)7-39-42(35,44)38-6-12-10(5-37-43(36,45)41-19)4-14(12)33-9-30-18-20(25)28-8-29-22(18)33/h1-3,8-10,12,14-16,19,23,27,31H,4-7H2,(H2,26,34)(H,35,44)(H,36,45)(H2,25,28,29)/t10-,12-,14-,15-,16-,19-,23-,42?,43?/m1/s1. The minimum atomic E-state index is -4.19. The second kappa shape index (κ2) is 12.5. The van der Waals surface area contributed by atoms with Gasteiger partial charge in [-0.25, -0.2) is 29.4 Å². The number of rotatable bonds is 5. The Kier molecular flexibility index (Phi) is 8.99. The number of nitrogens with one attached hydrogen (secondary N) is 2. The van der Waals surface area contributed by atoms with Gasteiger partial charge in [0, 0.05) is 12.0 Å². The first-order valence-electron chi connectivity index (χ1n) is 13.4. The largest absolute Gasteiger partial charge is 0.386 e. The summed E-state index contributed by atoms with van der Waals surface area (Å²) in [5, 5.41) is 6.06. The smallest absolute Gasteiger partial charge is 0.382 e. The number of primary amides is 1. The number of nitrogen functional groups attached to an aromatic ring is 1. The van der Waals surface area contributed by atoms with Gasteiger partial charge in [-0.2, -0.15) is 5.11 Å². The van der Waals surface area contributed by atoms with Gasteiger partial charge in [0.2, 0.25) is 0 Å². The Balaban J connectivity index is 1.21. The summed E-state index contributed by atoms with van der Waals surface area (Å²) in [6, 6.07) is 4.02. The molecule has 6 rings (SSSR count). The normalized spacial score (nSPS) is 35.6. The van der Waals surface area contributed by atoms with Crippen LogP contribution in [0, 0.1) is 17.4 Å². The number of benzene rings is 1. The van der Waals surface area contributed by atoms with E-state index in [1.54, 1.807) is 6.33 Å². The molecule has 0 bridgehead atoms. The van der Waals surface area contributed by atoms with Gasteiger partial charge in [0.15, 0.2) is 23.9 Å². The van der Waals surface area contributed by atoms with Crippen molar-refractivity contribution in [2.75, 3.05) is 30.9 Å². The molecule has 1 aliphatic carbocycles. The zero-order valence-electron chi connectivity index (χ0n) is 23.1. The van der Waals surface area contributed by atoms with Gasteiger partial charge in [-0.05, 0) is 36.3 Å². The van der Waals surface area contributed by atoms with Crippen LogP contribution in [0.4, 0.5) is 21.6 Å². The van der Waals surface area contributed by atoms with Gasteiger partial charge in [-0.1, -0.05) is 18.3 Å². The molecule has 3 aliphatic rings. The summed E-state index contributed by atoms with van der Waals surface area (Å²) in [6.45, 7) is -8.76. The number of nitrogens with zero attached hydrogens (tertiary/aromatic N) is 5. The number of nitrogens with two attached hydrogens (primary N) is 2. The Hall–Kier alpha value is -2.64. The van der Waals surface area contributed by atoms with Crippen LogP contribution in [-0.2, 0) is 39.2 Å². The number of fused-ring (bicyclic) bond motifs is 3. The Bertz CT molecular complexity index is 1740. The van der Waals surface area contributed by atoms with Crippen molar-refractivity contribution in [2.45, 2.75) is 37.1 Å². The fourth-order valence-corrected chi connectivity index (χ4v) is 8.30. The Morgan fingerprint density at radius 3 is 2.78 bits per heavy atom. The van der Waals surface area contributed by atoms with E-state index in [0.717, 1.165) is 0 Å². The molecule has 1 amide bonds. The third-order valence-corrected chi connectivity index (χ3v) is 11.1. The number of amides is 1. The number of anilines is 2. The summed E-state index contributed by atoms with van der Waals surface area (Å²) in [4.78, 5) is 35.2. The third-order valence-electron chi connectivity index (χ3n) is 7.93. The molecule has 45 heavy (non-hydrogen) atoms. The second-order valence-electron chi connectivity index (χ2n) is 10.6. The summed E-state index contributed by atoms with van der Waals surface area (Å²) in [6.07, 6.45) is -2.91. The molecule has 0 radical (unpaired) electrons. The van der Waals surface area contributed by atoms with Crippen molar-refractivity contribution < 1.29 is 41.5 Å². The molecule has 2 aromatic heterocycles. The highest BCUT2D eigenvalue weighted by molar-refractivity contribution is 8.44. The molecule has 242 valence electrons. The van der Waals surface area contributed by atoms with Gasteiger partial charge < -0.3 is 44.6 Å². The van der Waals surface area contributed by atoms with Gasteiger partial charge in [0.1, 0.15) is 29.7 Å². The fourth-order valence-electron chi connectivity index (χ4n) is 5.63. The van der Waals surface area contributed by atoms with E-state index in [0.29, 0.717) is 17.6 Å². The molecule has 4 heterocycles. The lowest BCUT2D eigenvalue weighted by Crippen LogP contribution is -2.43. The van der Waals surface area contributed by atoms with E-state index in [4.69, 9.17) is 51.6 Å². The van der Waals surface area contributed by atoms with Crippen molar-refractivity contribution in [3.63, 3.8) is 0 Å². The van der Waals surface area contributed by atoms with E-state index in [2.05, 4.69) is 37.6 Å². The molecule has 22 heteroatoms. The van der Waals surface area contributed by atoms with Crippen LogP contribution >= 0.6 is 25.8 Å². The highest BCUT2D eigenvalue weighted by Crippen LogP contribution is 2.59. The maximum atomic E-state index is 15.9. The van der Waals surface area contributed by atoms with Crippen molar-refractivity contribution in [1.29, 1.82) is 5.53 Å².